The van der Waals surface area contributed by atoms with E-state index in [1.54, 1.807) is 12.1 Å². The van der Waals surface area contributed by atoms with Crippen LogP contribution in [0.25, 0.3) is 11.1 Å². The van der Waals surface area contributed by atoms with Crippen molar-refractivity contribution < 1.29 is 20.1 Å². The Morgan fingerprint density at radius 3 is 2.68 bits per heavy atom. The van der Waals surface area contributed by atoms with E-state index < -0.39 is 6.10 Å². The van der Waals surface area contributed by atoms with Gasteiger partial charge in [-0.05, 0) is 23.3 Å². The molecule has 0 fully saturated rings. The van der Waals surface area contributed by atoms with E-state index in [2.05, 4.69) is 0 Å². The molecule has 0 radical (unpaired) electrons. The molecule has 0 saturated carbocycles. The summed E-state index contributed by atoms with van der Waals surface area (Å²) in [4.78, 5) is 0. The first-order chi connectivity index (χ1) is 9.11. The molecule has 0 aliphatic heterocycles. The van der Waals surface area contributed by atoms with E-state index in [1.807, 2.05) is 6.07 Å². The van der Waals surface area contributed by atoms with E-state index in [4.69, 9.17) is 4.74 Å². The summed E-state index contributed by atoms with van der Waals surface area (Å²) in [6, 6.07) is 8.21. The normalized spacial score (nSPS) is 16.6. The average molecular weight is 258 g/mol. The van der Waals surface area contributed by atoms with Crippen LogP contribution < -0.4 is 4.74 Å². The Morgan fingerprint density at radius 2 is 1.95 bits per heavy atom. The second-order valence-electron chi connectivity index (χ2n) is 4.64. The Hall–Kier alpha value is -2.20. The number of fused-ring (bicyclic) bond motifs is 3. The summed E-state index contributed by atoms with van der Waals surface area (Å²) in [5, 5.41) is 30.0. The number of aliphatic hydroxyl groups is 1. The van der Waals surface area contributed by atoms with Crippen molar-refractivity contribution in [2.45, 2.75) is 12.5 Å². The predicted octanol–water partition coefficient (Wildman–Crippen LogP) is 2.36. The molecule has 2 aromatic rings. The number of hydrogen-bond donors (Lipinski definition) is 3. The summed E-state index contributed by atoms with van der Waals surface area (Å²) in [5.41, 5.74) is 2.75. The quantitative estimate of drug-likeness (QED) is 0.734. The molecule has 4 nitrogen and oxygen atoms in total. The van der Waals surface area contributed by atoms with Crippen LogP contribution in [0, 0.1) is 0 Å². The van der Waals surface area contributed by atoms with Gasteiger partial charge in [-0.25, -0.2) is 0 Å². The zero-order valence-electron chi connectivity index (χ0n) is 10.4. The van der Waals surface area contributed by atoms with Crippen LogP contribution in [0.4, 0.5) is 0 Å². The van der Waals surface area contributed by atoms with Gasteiger partial charge in [0.2, 0.25) is 0 Å². The summed E-state index contributed by atoms with van der Waals surface area (Å²) in [5.74, 6) is 0.625. The molecule has 0 saturated heterocycles. The van der Waals surface area contributed by atoms with E-state index in [-0.39, 0.29) is 11.5 Å². The fraction of sp³-hybridized carbons (Fsp3) is 0.200. The van der Waals surface area contributed by atoms with E-state index in [9.17, 15) is 15.3 Å². The van der Waals surface area contributed by atoms with E-state index in [0.29, 0.717) is 28.9 Å². The van der Waals surface area contributed by atoms with Crippen molar-refractivity contribution in [2.75, 3.05) is 7.11 Å². The largest absolute Gasteiger partial charge is 0.508 e. The van der Waals surface area contributed by atoms with E-state index in [0.717, 1.165) is 5.56 Å². The molecule has 1 aliphatic rings. The lowest BCUT2D eigenvalue weighted by molar-refractivity contribution is 0.176. The zero-order valence-corrected chi connectivity index (χ0v) is 10.4. The lowest BCUT2D eigenvalue weighted by Gasteiger charge is -2.26. The van der Waals surface area contributed by atoms with Crippen LogP contribution in [0.2, 0.25) is 0 Å². The molecule has 98 valence electrons. The van der Waals surface area contributed by atoms with Crippen LogP contribution in [0.5, 0.6) is 17.2 Å². The first-order valence-electron chi connectivity index (χ1n) is 6.02. The van der Waals surface area contributed by atoms with Crippen LogP contribution in [0.1, 0.15) is 17.2 Å². The van der Waals surface area contributed by atoms with Crippen molar-refractivity contribution in [1.29, 1.82) is 0 Å². The van der Waals surface area contributed by atoms with Gasteiger partial charge in [-0.2, -0.15) is 0 Å². The highest BCUT2D eigenvalue weighted by molar-refractivity contribution is 5.84. The fourth-order valence-corrected chi connectivity index (χ4v) is 2.68. The van der Waals surface area contributed by atoms with Gasteiger partial charge in [0.05, 0.1) is 13.2 Å². The van der Waals surface area contributed by atoms with E-state index >= 15 is 0 Å². The first-order valence-corrected chi connectivity index (χ1v) is 6.02. The molecule has 0 bridgehead atoms. The molecule has 0 amide bonds. The minimum absolute atomic E-state index is 0.0357. The number of phenolic OH excluding ortho intramolecular Hbond substituents is 2. The summed E-state index contributed by atoms with van der Waals surface area (Å²) in [6.45, 7) is 0. The third-order valence-electron chi connectivity index (χ3n) is 3.49. The molecule has 0 heterocycles. The number of methoxy groups -OCH3 is 1. The number of aliphatic hydroxyl groups excluding tert-OH is 1. The zero-order chi connectivity index (χ0) is 13.6. The molecule has 4 heteroatoms. The third kappa shape index (κ3) is 1.72. The number of hydrogen-bond acceptors (Lipinski definition) is 4. The van der Waals surface area contributed by atoms with Gasteiger partial charge < -0.3 is 20.1 Å². The average Bonchev–Trinajstić information content (AvgIpc) is 2.38. The van der Waals surface area contributed by atoms with Crippen LogP contribution in [-0.4, -0.2) is 22.4 Å². The number of rotatable bonds is 1. The maximum Gasteiger partial charge on any atom is 0.130 e. The lowest BCUT2D eigenvalue weighted by atomic mass is 9.82. The van der Waals surface area contributed by atoms with Gasteiger partial charge in [0.15, 0.2) is 0 Å². The Bertz CT molecular complexity index is 649. The Balaban J connectivity index is 2.38. The number of phenols is 2. The van der Waals surface area contributed by atoms with Gasteiger partial charge in [0.1, 0.15) is 17.2 Å². The highest BCUT2D eigenvalue weighted by atomic mass is 16.5. The highest BCUT2D eigenvalue weighted by Gasteiger charge is 2.28. The van der Waals surface area contributed by atoms with Gasteiger partial charge in [-0.1, -0.05) is 12.1 Å². The molecule has 1 unspecified atom stereocenters. The summed E-state index contributed by atoms with van der Waals surface area (Å²) >= 11 is 0. The lowest BCUT2D eigenvalue weighted by Crippen LogP contribution is -2.11. The molecular formula is C15H14O4. The highest BCUT2D eigenvalue weighted by Crippen LogP contribution is 2.48. The molecule has 1 aliphatic carbocycles. The molecule has 3 rings (SSSR count). The van der Waals surface area contributed by atoms with Gasteiger partial charge >= 0.3 is 0 Å². The van der Waals surface area contributed by atoms with Gasteiger partial charge in [0, 0.05) is 23.6 Å². The summed E-state index contributed by atoms with van der Waals surface area (Å²) in [7, 11) is 1.50. The van der Waals surface area contributed by atoms with Crippen molar-refractivity contribution in [2.24, 2.45) is 0 Å². The minimum atomic E-state index is -0.717. The molecule has 3 N–H and O–H groups in total. The minimum Gasteiger partial charge on any atom is -0.508 e. The van der Waals surface area contributed by atoms with Gasteiger partial charge in [-0.15, -0.1) is 0 Å². The standard InChI is InChI=1S/C15H14O4/c1-19-13-7-9(16)6-10-12(18)5-8-3-2-4-11(17)14(8)15(10)13/h2-4,6-7,12,16-18H,5H2,1H3. The molecule has 19 heavy (non-hydrogen) atoms. The van der Waals surface area contributed by atoms with Crippen LogP contribution >= 0.6 is 0 Å². The molecule has 2 aromatic carbocycles. The van der Waals surface area contributed by atoms with Crippen molar-refractivity contribution >= 4 is 0 Å². The van der Waals surface area contributed by atoms with Gasteiger partial charge in [-0.3, -0.25) is 0 Å². The third-order valence-corrected chi connectivity index (χ3v) is 3.49. The smallest absolute Gasteiger partial charge is 0.130 e. The topological polar surface area (TPSA) is 69.9 Å². The number of aromatic hydroxyl groups is 2. The number of benzene rings is 2. The Kier molecular flexibility index (Phi) is 2.61. The SMILES string of the molecule is COc1cc(O)cc2c1-c1c(O)cccc1CC2O. The van der Waals surface area contributed by atoms with Gasteiger partial charge in [0.25, 0.3) is 0 Å². The van der Waals surface area contributed by atoms with Crippen LogP contribution in [0.15, 0.2) is 30.3 Å². The number of ether oxygens (including phenoxy) is 1. The van der Waals surface area contributed by atoms with Crippen molar-refractivity contribution in [3.8, 4) is 28.4 Å². The van der Waals surface area contributed by atoms with Crippen molar-refractivity contribution in [3.05, 3.63) is 41.5 Å². The molecule has 0 spiro atoms. The monoisotopic (exact) mass is 258 g/mol. The Morgan fingerprint density at radius 1 is 1.16 bits per heavy atom. The van der Waals surface area contributed by atoms with E-state index in [1.165, 1.54) is 19.2 Å². The summed E-state index contributed by atoms with van der Waals surface area (Å²) in [6.07, 6.45) is -0.311. The summed E-state index contributed by atoms with van der Waals surface area (Å²) < 4.78 is 5.27. The second kappa shape index (κ2) is 4.17. The van der Waals surface area contributed by atoms with Crippen molar-refractivity contribution in [1.82, 2.24) is 0 Å². The Labute approximate surface area is 110 Å². The first kappa shape index (κ1) is 11.9. The molecule has 0 aromatic heterocycles. The van der Waals surface area contributed by atoms with Crippen LogP contribution in [-0.2, 0) is 6.42 Å². The van der Waals surface area contributed by atoms with Crippen LogP contribution in [0.3, 0.4) is 0 Å². The fourth-order valence-electron chi connectivity index (χ4n) is 2.68. The second-order valence-corrected chi connectivity index (χ2v) is 4.64. The maximum atomic E-state index is 10.2. The predicted molar refractivity (Wildman–Crippen MR) is 70.4 cm³/mol. The van der Waals surface area contributed by atoms with Crippen molar-refractivity contribution in [3.63, 3.8) is 0 Å². The molecule has 1 atom stereocenters. The molecular weight excluding hydrogens is 244 g/mol. The maximum absolute atomic E-state index is 10.2.